The summed E-state index contributed by atoms with van der Waals surface area (Å²) < 4.78 is 16.4. The molecule has 0 saturated heterocycles. The van der Waals surface area contributed by atoms with E-state index < -0.39 is 0 Å². The van der Waals surface area contributed by atoms with Crippen molar-refractivity contribution in [2.45, 2.75) is 33.9 Å². The molecule has 0 aliphatic rings. The van der Waals surface area contributed by atoms with Gasteiger partial charge < -0.3 is 19.5 Å². The van der Waals surface area contributed by atoms with Gasteiger partial charge in [0.2, 0.25) is 0 Å². The summed E-state index contributed by atoms with van der Waals surface area (Å²) in [6.07, 6.45) is 0. The molecular weight excluding hydrogens is 342 g/mol. The van der Waals surface area contributed by atoms with Crippen LogP contribution in [0.3, 0.4) is 0 Å². The molecule has 2 aromatic carbocycles. The molecule has 0 aliphatic heterocycles. The topological polar surface area (TPSA) is 56.8 Å². The van der Waals surface area contributed by atoms with Gasteiger partial charge in [0.25, 0.3) is 5.91 Å². The highest BCUT2D eigenvalue weighted by Gasteiger charge is 2.05. The molecule has 0 fully saturated rings. The van der Waals surface area contributed by atoms with Crippen molar-refractivity contribution in [3.8, 4) is 5.75 Å². The lowest BCUT2D eigenvalue weighted by Crippen LogP contribution is -2.28. The zero-order valence-electron chi connectivity index (χ0n) is 16.4. The Labute approximate surface area is 161 Å². The van der Waals surface area contributed by atoms with E-state index in [-0.39, 0.29) is 12.5 Å². The molecule has 27 heavy (non-hydrogen) atoms. The fourth-order valence-corrected chi connectivity index (χ4v) is 2.64. The fraction of sp³-hybridized carbons (Fsp3) is 0.409. The normalized spacial score (nSPS) is 10.6. The van der Waals surface area contributed by atoms with Crippen molar-refractivity contribution < 1.29 is 19.0 Å². The minimum Gasteiger partial charge on any atom is -0.484 e. The first-order chi connectivity index (χ1) is 13.1. The van der Waals surface area contributed by atoms with Crippen LogP contribution in [0.15, 0.2) is 42.5 Å². The van der Waals surface area contributed by atoms with Crippen molar-refractivity contribution in [3.63, 3.8) is 0 Å². The zero-order chi connectivity index (χ0) is 19.5. The Morgan fingerprint density at radius 3 is 2.56 bits per heavy atom. The summed E-state index contributed by atoms with van der Waals surface area (Å²) in [7, 11) is 0. The highest BCUT2D eigenvalue weighted by Crippen LogP contribution is 2.18. The lowest BCUT2D eigenvalue weighted by Gasteiger charge is -2.11. The summed E-state index contributed by atoms with van der Waals surface area (Å²) in [5.74, 6) is 0.593. The van der Waals surface area contributed by atoms with Crippen LogP contribution in [0.5, 0.6) is 5.75 Å². The van der Waals surface area contributed by atoms with Gasteiger partial charge in [-0.3, -0.25) is 4.79 Å². The van der Waals surface area contributed by atoms with Gasteiger partial charge in [-0.1, -0.05) is 42.0 Å². The Morgan fingerprint density at radius 2 is 1.78 bits per heavy atom. The van der Waals surface area contributed by atoms with E-state index in [1.165, 1.54) is 5.56 Å². The van der Waals surface area contributed by atoms with Gasteiger partial charge in [-0.05, 0) is 43.5 Å². The molecule has 0 atom stereocenters. The number of hydrogen-bond acceptors (Lipinski definition) is 4. The Kier molecular flexibility index (Phi) is 8.81. The van der Waals surface area contributed by atoms with Crippen LogP contribution in [-0.2, 0) is 27.4 Å². The summed E-state index contributed by atoms with van der Waals surface area (Å²) in [6, 6.07) is 13.9. The predicted molar refractivity (Wildman–Crippen MR) is 106 cm³/mol. The second kappa shape index (κ2) is 11.4. The van der Waals surface area contributed by atoms with Crippen molar-refractivity contribution in [3.05, 3.63) is 64.7 Å². The quantitative estimate of drug-likeness (QED) is 0.614. The third kappa shape index (κ3) is 7.81. The molecule has 5 heteroatoms. The van der Waals surface area contributed by atoms with Crippen molar-refractivity contribution >= 4 is 5.91 Å². The van der Waals surface area contributed by atoms with E-state index in [2.05, 4.69) is 5.32 Å². The summed E-state index contributed by atoms with van der Waals surface area (Å²) in [6.45, 7) is 8.84. The number of rotatable bonds is 11. The van der Waals surface area contributed by atoms with Gasteiger partial charge in [-0.25, -0.2) is 0 Å². The van der Waals surface area contributed by atoms with Crippen LogP contribution in [0.25, 0.3) is 0 Å². The highest BCUT2D eigenvalue weighted by molar-refractivity contribution is 5.77. The zero-order valence-corrected chi connectivity index (χ0v) is 16.4. The van der Waals surface area contributed by atoms with E-state index in [4.69, 9.17) is 14.2 Å². The monoisotopic (exact) mass is 371 g/mol. The van der Waals surface area contributed by atoms with Crippen LogP contribution < -0.4 is 10.1 Å². The lowest BCUT2D eigenvalue weighted by atomic mass is 10.1. The first-order valence-electron chi connectivity index (χ1n) is 9.28. The highest BCUT2D eigenvalue weighted by atomic mass is 16.5. The van der Waals surface area contributed by atoms with Crippen molar-refractivity contribution in [1.82, 2.24) is 5.32 Å². The maximum Gasteiger partial charge on any atom is 0.258 e. The number of aryl methyl sites for hydroxylation is 2. The minimum atomic E-state index is -0.145. The van der Waals surface area contributed by atoms with Gasteiger partial charge in [0.05, 0.1) is 19.8 Å². The van der Waals surface area contributed by atoms with E-state index in [0.717, 1.165) is 22.4 Å². The second-order valence-electron chi connectivity index (χ2n) is 6.40. The molecule has 0 bridgehead atoms. The molecule has 1 amide bonds. The Morgan fingerprint density at radius 1 is 1.00 bits per heavy atom. The number of nitrogens with one attached hydrogen (secondary N) is 1. The number of carbonyl (C=O) groups excluding carboxylic acids is 1. The molecule has 2 aromatic rings. The van der Waals surface area contributed by atoms with Gasteiger partial charge in [-0.2, -0.15) is 0 Å². The predicted octanol–water partition coefficient (Wildman–Crippen LogP) is 3.55. The molecular formula is C22H29NO4. The Hall–Kier alpha value is -2.37. The molecule has 0 saturated carbocycles. The molecule has 0 radical (unpaired) electrons. The summed E-state index contributed by atoms with van der Waals surface area (Å²) in [5.41, 5.74) is 4.30. The van der Waals surface area contributed by atoms with Crippen LogP contribution in [0, 0.1) is 13.8 Å². The van der Waals surface area contributed by atoms with Crippen molar-refractivity contribution in [2.75, 3.05) is 26.4 Å². The van der Waals surface area contributed by atoms with Crippen LogP contribution in [0.1, 0.15) is 29.2 Å². The van der Waals surface area contributed by atoms with E-state index in [0.29, 0.717) is 33.0 Å². The van der Waals surface area contributed by atoms with Gasteiger partial charge in [0.1, 0.15) is 5.75 Å². The molecule has 2 rings (SSSR count). The summed E-state index contributed by atoms with van der Waals surface area (Å²) in [5, 5.41) is 2.89. The van der Waals surface area contributed by atoms with E-state index in [1.54, 1.807) is 0 Å². The van der Waals surface area contributed by atoms with E-state index in [9.17, 15) is 4.79 Å². The van der Waals surface area contributed by atoms with Gasteiger partial charge in [0.15, 0.2) is 6.61 Å². The SMILES string of the molecule is CCOCCOCc1cccc(CNC(=O)COc2ccc(C)cc2C)c1. The van der Waals surface area contributed by atoms with Crippen molar-refractivity contribution in [1.29, 1.82) is 0 Å². The van der Waals surface area contributed by atoms with Crippen LogP contribution >= 0.6 is 0 Å². The Bertz CT molecular complexity index is 730. The third-order valence-electron chi connectivity index (χ3n) is 4.02. The average molecular weight is 371 g/mol. The van der Waals surface area contributed by atoms with Crippen molar-refractivity contribution in [2.24, 2.45) is 0 Å². The Balaban J connectivity index is 1.73. The molecule has 0 spiro atoms. The van der Waals surface area contributed by atoms with Gasteiger partial charge >= 0.3 is 0 Å². The molecule has 1 N–H and O–H groups in total. The number of benzene rings is 2. The van der Waals surface area contributed by atoms with Gasteiger partial charge in [0, 0.05) is 13.2 Å². The third-order valence-corrected chi connectivity index (χ3v) is 4.02. The lowest BCUT2D eigenvalue weighted by molar-refractivity contribution is -0.123. The first kappa shape index (κ1) is 20.9. The van der Waals surface area contributed by atoms with Gasteiger partial charge in [-0.15, -0.1) is 0 Å². The van der Waals surface area contributed by atoms with Crippen LogP contribution in [0.4, 0.5) is 0 Å². The maximum atomic E-state index is 12.1. The molecule has 0 aromatic heterocycles. The maximum absolute atomic E-state index is 12.1. The number of hydrogen-bond donors (Lipinski definition) is 1. The molecule has 5 nitrogen and oxygen atoms in total. The molecule has 0 unspecified atom stereocenters. The van der Waals surface area contributed by atoms with Crippen LogP contribution in [-0.4, -0.2) is 32.3 Å². The first-order valence-corrected chi connectivity index (χ1v) is 9.28. The largest absolute Gasteiger partial charge is 0.484 e. The average Bonchev–Trinajstić information content (AvgIpc) is 2.66. The molecule has 146 valence electrons. The van der Waals surface area contributed by atoms with E-state index in [1.807, 2.05) is 63.2 Å². The number of carbonyl (C=O) groups is 1. The smallest absolute Gasteiger partial charge is 0.258 e. The second-order valence-corrected chi connectivity index (χ2v) is 6.40. The number of ether oxygens (including phenoxy) is 3. The summed E-state index contributed by atoms with van der Waals surface area (Å²) >= 11 is 0. The summed E-state index contributed by atoms with van der Waals surface area (Å²) in [4.78, 5) is 12.1. The van der Waals surface area contributed by atoms with E-state index >= 15 is 0 Å². The molecule has 0 heterocycles. The minimum absolute atomic E-state index is 0.00410. The van der Waals surface area contributed by atoms with Crippen LogP contribution in [0.2, 0.25) is 0 Å². The number of amides is 1. The standard InChI is InChI=1S/C22H29NO4/c1-4-25-10-11-26-15-20-7-5-6-19(13-20)14-23-22(24)16-27-21-9-8-17(2)12-18(21)3/h5-9,12-13H,4,10-11,14-16H2,1-3H3,(H,23,24). The fourth-order valence-electron chi connectivity index (χ4n) is 2.64. The molecule has 0 aliphatic carbocycles.